The lowest BCUT2D eigenvalue weighted by Crippen LogP contribution is -2.28. The lowest BCUT2D eigenvalue weighted by atomic mass is 9.94. The number of esters is 2. The molecule has 0 amide bonds. The van der Waals surface area contributed by atoms with Gasteiger partial charge in [0.15, 0.2) is 0 Å². The molecule has 0 aliphatic carbocycles. The third-order valence-corrected chi connectivity index (χ3v) is 13.2. The van der Waals surface area contributed by atoms with E-state index in [2.05, 4.69) is 42.1 Å². The molecule has 364 valence electrons. The van der Waals surface area contributed by atoms with Crippen molar-refractivity contribution in [1.29, 1.82) is 0 Å². The minimum Gasteiger partial charge on any atom is -0.465 e. The van der Waals surface area contributed by atoms with Crippen molar-refractivity contribution in [2.75, 3.05) is 32.8 Å². The summed E-state index contributed by atoms with van der Waals surface area (Å²) < 4.78 is 14.1. The fraction of sp³-hybridized carbons (Fsp3) is 0.909. The van der Waals surface area contributed by atoms with Crippen molar-refractivity contribution < 1.29 is 19.1 Å². The Kier molecular flexibility index (Phi) is 42.8. The average Bonchev–Trinajstić information content (AvgIpc) is 3.80. The first kappa shape index (κ1) is 58.1. The molecule has 1 heterocycles. The van der Waals surface area contributed by atoms with E-state index in [1.165, 1.54) is 205 Å². The Labute approximate surface area is 385 Å². The smallest absolute Gasteiger partial charge is 0.305 e. The highest BCUT2D eigenvalue weighted by Crippen LogP contribution is 2.22. The van der Waals surface area contributed by atoms with Crippen LogP contribution < -0.4 is 0 Å². The van der Waals surface area contributed by atoms with Crippen LogP contribution in [0.15, 0.2) is 18.7 Å². The van der Waals surface area contributed by atoms with E-state index in [4.69, 9.17) is 9.47 Å². The highest BCUT2D eigenvalue weighted by Gasteiger charge is 2.16. The van der Waals surface area contributed by atoms with E-state index < -0.39 is 0 Å². The number of nitrogens with zero attached hydrogens (tertiary/aromatic N) is 3. The molecule has 0 saturated heterocycles. The summed E-state index contributed by atoms with van der Waals surface area (Å²) in [6.45, 7) is 13.9. The summed E-state index contributed by atoms with van der Waals surface area (Å²) in [5.74, 6) is 0.904. The Balaban J connectivity index is 2.58. The summed E-state index contributed by atoms with van der Waals surface area (Å²) >= 11 is 0. The van der Waals surface area contributed by atoms with Crippen molar-refractivity contribution in [2.45, 2.75) is 278 Å². The van der Waals surface area contributed by atoms with Crippen LogP contribution in [-0.2, 0) is 25.6 Å². The Hall–Kier alpha value is -1.89. The molecule has 1 aromatic rings. The molecule has 2 unspecified atom stereocenters. The third-order valence-electron chi connectivity index (χ3n) is 13.2. The van der Waals surface area contributed by atoms with Crippen LogP contribution in [0.4, 0.5) is 0 Å². The maximum atomic E-state index is 13.1. The number of carbonyl (C=O) groups excluding carboxylic acids is 2. The molecule has 2 atom stereocenters. The van der Waals surface area contributed by atoms with Gasteiger partial charge in [-0.25, -0.2) is 4.98 Å². The third kappa shape index (κ3) is 38.6. The second kappa shape index (κ2) is 45.7. The van der Waals surface area contributed by atoms with E-state index in [9.17, 15) is 9.59 Å². The van der Waals surface area contributed by atoms with Gasteiger partial charge in [-0.05, 0) is 82.8 Å². The van der Waals surface area contributed by atoms with E-state index in [0.717, 1.165) is 51.9 Å². The van der Waals surface area contributed by atoms with Gasteiger partial charge in [0.2, 0.25) is 0 Å². The van der Waals surface area contributed by atoms with Crippen LogP contribution in [0.25, 0.3) is 0 Å². The second-order valence-electron chi connectivity index (χ2n) is 19.3. The van der Waals surface area contributed by atoms with E-state index in [-0.39, 0.29) is 11.9 Å². The molecule has 0 bridgehead atoms. The van der Waals surface area contributed by atoms with Gasteiger partial charge in [-0.15, -0.1) is 0 Å². The molecule has 1 rings (SSSR count). The Bertz CT molecular complexity index is 1000. The van der Waals surface area contributed by atoms with Crippen molar-refractivity contribution in [1.82, 2.24) is 14.5 Å². The van der Waals surface area contributed by atoms with E-state index in [1.54, 1.807) is 0 Å². The Morgan fingerprint density at radius 3 is 1.13 bits per heavy atom. The number of ether oxygens (including phenoxy) is 2. The molecular weight excluding hydrogens is 767 g/mol. The normalized spacial score (nSPS) is 12.6. The van der Waals surface area contributed by atoms with Crippen LogP contribution >= 0.6 is 0 Å². The minimum absolute atomic E-state index is 0.0417. The monoisotopic (exact) mass is 872 g/mol. The lowest BCUT2D eigenvalue weighted by molar-refractivity contribution is -0.146. The molecule has 0 N–H and O–H groups in total. The number of aromatic nitrogens is 2. The molecule has 0 spiro atoms. The molecule has 0 saturated carbocycles. The van der Waals surface area contributed by atoms with Crippen molar-refractivity contribution >= 4 is 11.9 Å². The van der Waals surface area contributed by atoms with Gasteiger partial charge in [0, 0.05) is 31.8 Å². The zero-order chi connectivity index (χ0) is 44.8. The van der Waals surface area contributed by atoms with Gasteiger partial charge in [-0.2, -0.15) is 0 Å². The SMILES string of the molecule is CCCCCCCCCCC(CCCCCCCC)COC(=O)CCCN(CCCCn1ccnc1)CCCC(=O)OCC(CCCCCCCC)CCCCCCCCCC. The summed E-state index contributed by atoms with van der Waals surface area (Å²) in [6.07, 6.45) is 52.3. The van der Waals surface area contributed by atoms with E-state index >= 15 is 0 Å². The number of rotatable bonds is 49. The lowest BCUT2D eigenvalue weighted by Gasteiger charge is -2.22. The fourth-order valence-corrected chi connectivity index (χ4v) is 9.03. The molecule has 0 aliphatic rings. The first-order chi connectivity index (χ1) is 30.5. The minimum atomic E-state index is -0.0417. The second-order valence-corrected chi connectivity index (χ2v) is 19.3. The van der Waals surface area contributed by atoms with Crippen LogP contribution in [0.5, 0.6) is 0 Å². The number of hydrogen-bond acceptors (Lipinski definition) is 6. The largest absolute Gasteiger partial charge is 0.465 e. The predicted octanol–water partition coefficient (Wildman–Crippen LogP) is 16.4. The number of carbonyl (C=O) groups is 2. The predicted molar refractivity (Wildman–Crippen MR) is 266 cm³/mol. The average molecular weight is 872 g/mol. The summed E-state index contributed by atoms with van der Waals surface area (Å²) in [5.41, 5.74) is 0. The first-order valence-corrected chi connectivity index (χ1v) is 27.5. The van der Waals surface area contributed by atoms with Crippen LogP contribution in [0, 0.1) is 11.8 Å². The van der Waals surface area contributed by atoms with Gasteiger partial charge in [0.25, 0.3) is 0 Å². The highest BCUT2D eigenvalue weighted by molar-refractivity contribution is 5.69. The molecule has 62 heavy (non-hydrogen) atoms. The van der Waals surface area contributed by atoms with Gasteiger partial charge >= 0.3 is 11.9 Å². The fourth-order valence-electron chi connectivity index (χ4n) is 9.03. The number of unbranched alkanes of at least 4 members (excludes halogenated alkanes) is 25. The first-order valence-electron chi connectivity index (χ1n) is 27.5. The summed E-state index contributed by atoms with van der Waals surface area (Å²) in [4.78, 5) is 32.8. The molecule has 0 aliphatic heterocycles. The molecule has 0 radical (unpaired) electrons. The summed E-state index contributed by atoms with van der Waals surface area (Å²) in [7, 11) is 0. The number of imidazole rings is 1. The molecule has 1 aromatic heterocycles. The van der Waals surface area contributed by atoms with Gasteiger partial charge in [0.1, 0.15) is 0 Å². The van der Waals surface area contributed by atoms with Gasteiger partial charge < -0.3 is 18.9 Å². The quantitative estimate of drug-likeness (QED) is 0.0480. The summed E-state index contributed by atoms with van der Waals surface area (Å²) in [6, 6.07) is 0. The zero-order valence-electron chi connectivity index (χ0n) is 42.0. The van der Waals surface area contributed by atoms with E-state index in [0.29, 0.717) is 37.9 Å². The topological polar surface area (TPSA) is 73.7 Å². The highest BCUT2D eigenvalue weighted by atomic mass is 16.5. The zero-order valence-corrected chi connectivity index (χ0v) is 42.0. The molecule has 0 fully saturated rings. The molecule has 7 nitrogen and oxygen atoms in total. The Morgan fingerprint density at radius 1 is 0.452 bits per heavy atom. The van der Waals surface area contributed by atoms with Gasteiger partial charge in [-0.3, -0.25) is 9.59 Å². The van der Waals surface area contributed by atoms with Crippen LogP contribution in [0.1, 0.15) is 272 Å². The van der Waals surface area contributed by atoms with Crippen LogP contribution in [-0.4, -0.2) is 59.2 Å². The maximum absolute atomic E-state index is 13.1. The van der Waals surface area contributed by atoms with Crippen molar-refractivity contribution in [3.8, 4) is 0 Å². The van der Waals surface area contributed by atoms with Gasteiger partial charge in [-0.1, -0.05) is 207 Å². The standard InChI is InChI=1S/C55H105N3O4/c1-5-9-13-17-21-23-27-31-39-52(37-29-25-19-15-11-7-3)49-61-54(59)41-35-46-57(44-33-34-45-58-48-43-56-51-58)47-36-42-55(60)62-50-53(38-30-26-20-16-12-8-4)40-32-28-24-22-18-14-10-6-2/h43,48,51-53H,5-42,44-47,49-50H2,1-4H3. The van der Waals surface area contributed by atoms with E-state index in [1.807, 2.05) is 18.7 Å². The molecule has 0 aromatic carbocycles. The molecular formula is C55H105N3O4. The number of hydrogen-bond donors (Lipinski definition) is 0. The van der Waals surface area contributed by atoms with Crippen molar-refractivity contribution in [3.63, 3.8) is 0 Å². The van der Waals surface area contributed by atoms with Crippen molar-refractivity contribution in [3.05, 3.63) is 18.7 Å². The number of aryl methyl sites for hydroxylation is 1. The van der Waals surface area contributed by atoms with Crippen LogP contribution in [0.2, 0.25) is 0 Å². The molecule has 7 heteroatoms. The maximum Gasteiger partial charge on any atom is 0.305 e. The van der Waals surface area contributed by atoms with Crippen molar-refractivity contribution in [2.24, 2.45) is 11.8 Å². The van der Waals surface area contributed by atoms with Gasteiger partial charge in [0.05, 0.1) is 19.5 Å². The van der Waals surface area contributed by atoms with Crippen LogP contribution in [0.3, 0.4) is 0 Å². The summed E-state index contributed by atoms with van der Waals surface area (Å²) in [5, 5.41) is 0. The Morgan fingerprint density at radius 2 is 0.790 bits per heavy atom.